The fraction of sp³-hybridized carbons (Fsp3) is 0.500. The van der Waals surface area contributed by atoms with Crippen molar-refractivity contribution < 1.29 is 9.84 Å². The van der Waals surface area contributed by atoms with Crippen LogP contribution in [0.3, 0.4) is 0 Å². The average Bonchev–Trinajstić information content (AvgIpc) is 2.24. The molecule has 0 saturated carbocycles. The van der Waals surface area contributed by atoms with Crippen LogP contribution in [0.25, 0.3) is 0 Å². The molecule has 0 heterocycles. The second-order valence-electron chi connectivity index (χ2n) is 3.65. The molecule has 3 nitrogen and oxygen atoms in total. The predicted octanol–water partition coefficient (Wildman–Crippen LogP) is 1.21. The second kappa shape index (κ2) is 6.43. The maximum absolute atomic E-state index is 9.05. The van der Waals surface area contributed by atoms with Gasteiger partial charge in [0.15, 0.2) is 0 Å². The van der Waals surface area contributed by atoms with Gasteiger partial charge >= 0.3 is 0 Å². The van der Waals surface area contributed by atoms with Gasteiger partial charge in [-0.15, -0.1) is 0 Å². The minimum absolute atomic E-state index is 0.282. The summed E-state index contributed by atoms with van der Waals surface area (Å²) in [5, 5.41) is 12.2. The Morgan fingerprint density at radius 2 is 2.27 bits per heavy atom. The van der Waals surface area contributed by atoms with E-state index in [9.17, 15) is 0 Å². The first-order valence-corrected chi connectivity index (χ1v) is 5.24. The summed E-state index contributed by atoms with van der Waals surface area (Å²) in [5.41, 5.74) is 1.24. The van der Waals surface area contributed by atoms with E-state index in [1.807, 2.05) is 18.2 Å². The summed E-state index contributed by atoms with van der Waals surface area (Å²) in [7, 11) is 1.67. The largest absolute Gasteiger partial charge is 0.497 e. The van der Waals surface area contributed by atoms with Gasteiger partial charge < -0.3 is 15.2 Å². The molecule has 0 aliphatic rings. The third kappa shape index (κ3) is 4.81. The Hall–Kier alpha value is -1.06. The lowest BCUT2D eigenvalue weighted by atomic mass is 10.1. The van der Waals surface area contributed by atoms with E-state index in [1.54, 1.807) is 14.0 Å². The molecule has 3 heteroatoms. The molecule has 1 rings (SSSR count). The van der Waals surface area contributed by atoms with Crippen molar-refractivity contribution in [3.8, 4) is 5.75 Å². The zero-order valence-electron chi connectivity index (χ0n) is 9.36. The molecule has 0 unspecified atom stereocenters. The normalized spacial score (nSPS) is 12.5. The Bertz CT molecular complexity index is 287. The maximum Gasteiger partial charge on any atom is 0.119 e. The summed E-state index contributed by atoms with van der Waals surface area (Å²) in [6.07, 6.45) is 0.666. The van der Waals surface area contributed by atoms with E-state index in [-0.39, 0.29) is 6.10 Å². The number of methoxy groups -OCH3 is 1. The van der Waals surface area contributed by atoms with E-state index >= 15 is 0 Å². The van der Waals surface area contributed by atoms with Gasteiger partial charge in [0.05, 0.1) is 13.2 Å². The van der Waals surface area contributed by atoms with Gasteiger partial charge in [-0.1, -0.05) is 12.1 Å². The molecule has 0 amide bonds. The number of nitrogens with one attached hydrogen (secondary N) is 1. The van der Waals surface area contributed by atoms with Gasteiger partial charge in [0.1, 0.15) is 5.75 Å². The van der Waals surface area contributed by atoms with Crippen LogP contribution in [0, 0.1) is 0 Å². The monoisotopic (exact) mass is 209 g/mol. The number of ether oxygens (including phenoxy) is 1. The fourth-order valence-corrected chi connectivity index (χ4v) is 1.37. The van der Waals surface area contributed by atoms with Crippen LogP contribution in [0.2, 0.25) is 0 Å². The zero-order chi connectivity index (χ0) is 11.1. The van der Waals surface area contributed by atoms with E-state index < -0.39 is 0 Å². The number of hydrogen-bond donors (Lipinski definition) is 2. The van der Waals surface area contributed by atoms with Crippen LogP contribution >= 0.6 is 0 Å². The molecule has 1 atom stereocenters. The number of hydrogen-bond acceptors (Lipinski definition) is 3. The summed E-state index contributed by atoms with van der Waals surface area (Å²) in [6.45, 7) is 3.29. The van der Waals surface area contributed by atoms with Gasteiger partial charge in [0, 0.05) is 6.54 Å². The van der Waals surface area contributed by atoms with Gasteiger partial charge in [-0.25, -0.2) is 0 Å². The first kappa shape index (κ1) is 12.0. The van der Waals surface area contributed by atoms with Gasteiger partial charge in [-0.05, 0) is 37.6 Å². The highest BCUT2D eigenvalue weighted by atomic mass is 16.5. The van der Waals surface area contributed by atoms with Crippen molar-refractivity contribution in [2.75, 3.05) is 20.2 Å². The van der Waals surface area contributed by atoms with Crippen molar-refractivity contribution >= 4 is 0 Å². The maximum atomic E-state index is 9.05. The number of benzene rings is 1. The molecule has 0 saturated heterocycles. The van der Waals surface area contributed by atoms with Crippen molar-refractivity contribution in [2.24, 2.45) is 0 Å². The SMILES string of the molecule is COc1cccc(CCNC[C@@H](C)O)c1. The molecule has 0 fully saturated rings. The lowest BCUT2D eigenvalue weighted by Gasteiger charge is -2.07. The topological polar surface area (TPSA) is 41.5 Å². The summed E-state index contributed by atoms with van der Waals surface area (Å²) < 4.78 is 5.14. The summed E-state index contributed by atoms with van der Waals surface area (Å²) in [4.78, 5) is 0. The summed E-state index contributed by atoms with van der Waals surface area (Å²) in [6, 6.07) is 8.03. The molecule has 0 bridgehead atoms. The number of aliphatic hydroxyl groups is 1. The molecule has 0 aliphatic heterocycles. The molecule has 0 spiro atoms. The van der Waals surface area contributed by atoms with Crippen molar-refractivity contribution in [3.05, 3.63) is 29.8 Å². The highest BCUT2D eigenvalue weighted by Gasteiger charge is 1.97. The van der Waals surface area contributed by atoms with Crippen molar-refractivity contribution in [1.82, 2.24) is 5.32 Å². The molecule has 84 valence electrons. The Labute approximate surface area is 91.1 Å². The van der Waals surface area contributed by atoms with Crippen molar-refractivity contribution in [2.45, 2.75) is 19.4 Å². The van der Waals surface area contributed by atoms with Crippen LogP contribution in [0.1, 0.15) is 12.5 Å². The molecule has 0 aliphatic carbocycles. The lowest BCUT2D eigenvalue weighted by molar-refractivity contribution is 0.191. The second-order valence-corrected chi connectivity index (χ2v) is 3.65. The van der Waals surface area contributed by atoms with Gasteiger partial charge in [0.25, 0.3) is 0 Å². The smallest absolute Gasteiger partial charge is 0.119 e. The molecule has 15 heavy (non-hydrogen) atoms. The Morgan fingerprint density at radius 1 is 1.47 bits per heavy atom. The van der Waals surface area contributed by atoms with Crippen LogP contribution in [0.15, 0.2) is 24.3 Å². The summed E-state index contributed by atoms with van der Waals surface area (Å²) >= 11 is 0. The third-order valence-electron chi connectivity index (χ3n) is 2.16. The Balaban J connectivity index is 2.30. The average molecular weight is 209 g/mol. The van der Waals surface area contributed by atoms with Gasteiger partial charge in [-0.3, -0.25) is 0 Å². The summed E-state index contributed by atoms with van der Waals surface area (Å²) in [5.74, 6) is 0.892. The minimum Gasteiger partial charge on any atom is -0.497 e. The Kier molecular flexibility index (Phi) is 5.15. The Morgan fingerprint density at radius 3 is 2.93 bits per heavy atom. The molecule has 1 aromatic carbocycles. The number of aliphatic hydroxyl groups excluding tert-OH is 1. The molecular weight excluding hydrogens is 190 g/mol. The standard InChI is InChI=1S/C12H19NO2/c1-10(14)9-13-7-6-11-4-3-5-12(8-11)15-2/h3-5,8,10,13-14H,6-7,9H2,1-2H3/t10-/m1/s1. The van der Waals surface area contributed by atoms with Crippen LogP contribution in [0.4, 0.5) is 0 Å². The molecule has 1 aromatic rings. The third-order valence-corrected chi connectivity index (χ3v) is 2.16. The van der Waals surface area contributed by atoms with Gasteiger partial charge in [0.2, 0.25) is 0 Å². The van der Waals surface area contributed by atoms with E-state index in [4.69, 9.17) is 9.84 Å². The van der Waals surface area contributed by atoms with Crippen LogP contribution < -0.4 is 10.1 Å². The van der Waals surface area contributed by atoms with E-state index in [1.165, 1.54) is 5.56 Å². The minimum atomic E-state index is -0.282. The molecular formula is C12H19NO2. The first-order valence-electron chi connectivity index (χ1n) is 5.24. The van der Waals surface area contributed by atoms with Crippen molar-refractivity contribution in [3.63, 3.8) is 0 Å². The van der Waals surface area contributed by atoms with E-state index in [0.717, 1.165) is 18.7 Å². The fourth-order valence-electron chi connectivity index (χ4n) is 1.37. The predicted molar refractivity (Wildman–Crippen MR) is 61.2 cm³/mol. The highest BCUT2D eigenvalue weighted by molar-refractivity contribution is 5.28. The van der Waals surface area contributed by atoms with Crippen LogP contribution in [0.5, 0.6) is 5.75 Å². The zero-order valence-corrected chi connectivity index (χ0v) is 9.36. The first-order chi connectivity index (χ1) is 7.22. The van der Waals surface area contributed by atoms with E-state index in [0.29, 0.717) is 6.54 Å². The van der Waals surface area contributed by atoms with Gasteiger partial charge in [-0.2, -0.15) is 0 Å². The molecule has 2 N–H and O–H groups in total. The highest BCUT2D eigenvalue weighted by Crippen LogP contribution is 2.12. The van der Waals surface area contributed by atoms with Crippen LogP contribution in [-0.4, -0.2) is 31.4 Å². The van der Waals surface area contributed by atoms with Crippen LogP contribution in [-0.2, 0) is 6.42 Å². The quantitative estimate of drug-likeness (QED) is 0.692. The van der Waals surface area contributed by atoms with E-state index in [2.05, 4.69) is 11.4 Å². The van der Waals surface area contributed by atoms with Crippen molar-refractivity contribution in [1.29, 1.82) is 0 Å². The molecule has 0 radical (unpaired) electrons. The number of rotatable bonds is 6. The lowest BCUT2D eigenvalue weighted by Crippen LogP contribution is -2.26. The molecule has 0 aromatic heterocycles.